The van der Waals surface area contributed by atoms with E-state index in [4.69, 9.17) is 9.97 Å². The summed E-state index contributed by atoms with van der Waals surface area (Å²) < 4.78 is 0. The normalized spacial score (nSPS) is 18.9. The van der Waals surface area contributed by atoms with E-state index in [1.54, 1.807) is 6.07 Å². The van der Waals surface area contributed by atoms with E-state index in [0.717, 1.165) is 86.3 Å². The molecule has 0 unspecified atom stereocenters. The maximum atomic E-state index is 11.9. The molecule has 0 radical (unpaired) electrons. The van der Waals surface area contributed by atoms with Gasteiger partial charge in [-0.25, -0.2) is 9.97 Å². The van der Waals surface area contributed by atoms with Crippen LogP contribution in [0, 0.1) is 5.41 Å². The van der Waals surface area contributed by atoms with Gasteiger partial charge >= 0.3 is 0 Å². The Labute approximate surface area is 193 Å². The van der Waals surface area contributed by atoms with Gasteiger partial charge in [-0.2, -0.15) is 0 Å². The molecule has 1 spiro atoms. The van der Waals surface area contributed by atoms with Gasteiger partial charge in [0.2, 0.25) is 11.9 Å². The highest BCUT2D eigenvalue weighted by atomic mass is 16.3. The molecule has 168 valence electrons. The van der Waals surface area contributed by atoms with Crippen LogP contribution in [0.1, 0.15) is 30.5 Å². The minimum Gasteiger partial charge on any atom is -0.508 e. The second kappa shape index (κ2) is 7.58. The number of phenols is 1. The van der Waals surface area contributed by atoms with E-state index in [2.05, 4.69) is 17.5 Å². The third-order valence-corrected chi connectivity index (χ3v) is 7.55. The Morgan fingerprint density at radius 3 is 2.79 bits per heavy atom. The number of carbonyl (C=O) groups is 1. The van der Waals surface area contributed by atoms with Crippen molar-refractivity contribution in [3.8, 4) is 17.0 Å². The summed E-state index contributed by atoms with van der Waals surface area (Å²) >= 11 is 0. The molecule has 3 aromatic rings. The van der Waals surface area contributed by atoms with Crippen LogP contribution in [-0.2, 0) is 17.6 Å². The standard InChI is InChI=1S/C27H28N4O2/c1-2-24(33)31-16-27(17-31)12-13-30(15-27)26-28-23-9-4-3-7-22(23)25(29-26)21-8-5-6-18-14-19(32)10-11-20(18)21/h2,5-6,8,10-11,14,32H,1,3-4,7,9,12-13,15-17H2. The van der Waals surface area contributed by atoms with Gasteiger partial charge in [-0.3, -0.25) is 4.79 Å². The molecule has 3 heterocycles. The highest BCUT2D eigenvalue weighted by Crippen LogP contribution is 2.42. The molecular weight excluding hydrogens is 412 g/mol. The highest BCUT2D eigenvalue weighted by Gasteiger charge is 2.49. The number of carbonyl (C=O) groups excluding carboxylic acids is 1. The van der Waals surface area contributed by atoms with Gasteiger partial charge in [-0.1, -0.05) is 30.8 Å². The van der Waals surface area contributed by atoms with Crippen molar-refractivity contribution in [1.29, 1.82) is 0 Å². The number of aromatic hydroxyl groups is 1. The molecule has 33 heavy (non-hydrogen) atoms. The average molecular weight is 441 g/mol. The fraction of sp³-hybridized carbons (Fsp3) is 0.370. The molecule has 0 bridgehead atoms. The zero-order valence-corrected chi connectivity index (χ0v) is 18.8. The molecule has 2 aliphatic heterocycles. The number of likely N-dealkylation sites (tertiary alicyclic amines) is 1. The van der Waals surface area contributed by atoms with Crippen molar-refractivity contribution in [2.24, 2.45) is 5.41 Å². The monoisotopic (exact) mass is 440 g/mol. The third-order valence-electron chi connectivity index (χ3n) is 7.55. The molecule has 1 aromatic heterocycles. The largest absolute Gasteiger partial charge is 0.508 e. The van der Waals surface area contributed by atoms with Crippen LogP contribution < -0.4 is 4.90 Å². The van der Waals surface area contributed by atoms with Crippen molar-refractivity contribution < 1.29 is 9.90 Å². The number of aryl methyl sites for hydroxylation is 1. The lowest BCUT2D eigenvalue weighted by atomic mass is 9.79. The SMILES string of the molecule is C=CC(=O)N1CC2(CCN(c3nc4c(c(-c5cccc6cc(O)ccc56)n3)CCCC4)C2)C1. The zero-order chi connectivity index (χ0) is 22.6. The van der Waals surface area contributed by atoms with Crippen LogP contribution in [0.2, 0.25) is 0 Å². The maximum absolute atomic E-state index is 11.9. The van der Waals surface area contributed by atoms with Gasteiger partial charge < -0.3 is 14.9 Å². The van der Waals surface area contributed by atoms with Gasteiger partial charge in [0, 0.05) is 48.4 Å². The summed E-state index contributed by atoms with van der Waals surface area (Å²) in [7, 11) is 0. The van der Waals surface area contributed by atoms with E-state index in [9.17, 15) is 9.90 Å². The minimum absolute atomic E-state index is 0.0217. The molecule has 0 atom stereocenters. The second-order valence-corrected chi connectivity index (χ2v) is 9.79. The number of amides is 1. The Morgan fingerprint density at radius 1 is 1.09 bits per heavy atom. The van der Waals surface area contributed by atoms with Crippen molar-refractivity contribution in [1.82, 2.24) is 14.9 Å². The van der Waals surface area contributed by atoms with Crippen LogP contribution in [0.25, 0.3) is 22.0 Å². The first-order chi connectivity index (χ1) is 16.0. The minimum atomic E-state index is 0.0217. The van der Waals surface area contributed by atoms with E-state index >= 15 is 0 Å². The molecule has 0 saturated carbocycles. The predicted molar refractivity (Wildman–Crippen MR) is 129 cm³/mol. The number of nitrogens with zero attached hydrogens (tertiary/aromatic N) is 4. The van der Waals surface area contributed by atoms with Crippen molar-refractivity contribution in [2.45, 2.75) is 32.1 Å². The fourth-order valence-corrected chi connectivity index (χ4v) is 5.84. The second-order valence-electron chi connectivity index (χ2n) is 9.79. The number of hydrogen-bond acceptors (Lipinski definition) is 5. The highest BCUT2D eigenvalue weighted by molar-refractivity contribution is 5.97. The quantitative estimate of drug-likeness (QED) is 0.621. The molecule has 3 aliphatic rings. The van der Waals surface area contributed by atoms with Gasteiger partial charge in [-0.05, 0) is 61.1 Å². The molecule has 6 nitrogen and oxygen atoms in total. The van der Waals surface area contributed by atoms with E-state index < -0.39 is 0 Å². The Hall–Kier alpha value is -3.41. The summed E-state index contributed by atoms with van der Waals surface area (Å²) in [5.74, 6) is 1.11. The van der Waals surface area contributed by atoms with Crippen LogP contribution in [0.5, 0.6) is 5.75 Å². The summed E-state index contributed by atoms with van der Waals surface area (Å²) in [6, 6.07) is 11.8. The maximum Gasteiger partial charge on any atom is 0.245 e. The van der Waals surface area contributed by atoms with Gasteiger partial charge in [0.1, 0.15) is 5.75 Å². The third kappa shape index (κ3) is 3.36. The number of fused-ring (bicyclic) bond motifs is 2. The summed E-state index contributed by atoms with van der Waals surface area (Å²) in [5.41, 5.74) is 4.73. The van der Waals surface area contributed by atoms with Gasteiger partial charge in [-0.15, -0.1) is 0 Å². The lowest BCUT2D eigenvalue weighted by molar-refractivity contribution is -0.136. The Bertz CT molecular complexity index is 1280. The van der Waals surface area contributed by atoms with Crippen molar-refractivity contribution in [3.05, 3.63) is 60.3 Å². The molecule has 6 rings (SSSR count). The molecule has 6 heteroatoms. The van der Waals surface area contributed by atoms with Gasteiger partial charge in [0.25, 0.3) is 0 Å². The van der Waals surface area contributed by atoms with E-state index in [1.807, 2.05) is 29.2 Å². The first-order valence-electron chi connectivity index (χ1n) is 11.8. The van der Waals surface area contributed by atoms with Crippen LogP contribution >= 0.6 is 0 Å². The molecule has 1 aliphatic carbocycles. The zero-order valence-electron chi connectivity index (χ0n) is 18.8. The van der Waals surface area contributed by atoms with Crippen LogP contribution in [0.4, 0.5) is 5.95 Å². The van der Waals surface area contributed by atoms with Gasteiger partial charge in [0.15, 0.2) is 0 Å². The van der Waals surface area contributed by atoms with Crippen LogP contribution in [0.3, 0.4) is 0 Å². The number of phenolic OH excluding ortho intramolecular Hbond substituents is 1. The van der Waals surface area contributed by atoms with E-state index in [1.165, 1.54) is 17.3 Å². The molecule has 1 N–H and O–H groups in total. The molecule has 1 amide bonds. The molecule has 2 fully saturated rings. The first-order valence-corrected chi connectivity index (χ1v) is 11.8. The molecular formula is C27H28N4O2. The lowest BCUT2D eigenvalue weighted by Gasteiger charge is -2.47. The van der Waals surface area contributed by atoms with Crippen molar-refractivity contribution >= 4 is 22.6 Å². The number of aromatic nitrogens is 2. The summed E-state index contributed by atoms with van der Waals surface area (Å²) in [4.78, 5) is 26.3. The fourth-order valence-electron chi connectivity index (χ4n) is 5.84. The number of rotatable bonds is 3. The van der Waals surface area contributed by atoms with Crippen molar-refractivity contribution in [2.75, 3.05) is 31.1 Å². The summed E-state index contributed by atoms with van der Waals surface area (Å²) in [6.45, 7) is 6.99. The first kappa shape index (κ1) is 20.2. The number of benzene rings is 2. The molecule has 2 aromatic carbocycles. The topological polar surface area (TPSA) is 69.6 Å². The smallest absolute Gasteiger partial charge is 0.245 e. The summed E-state index contributed by atoms with van der Waals surface area (Å²) in [6.07, 6.45) is 6.77. The number of hydrogen-bond donors (Lipinski definition) is 1. The van der Waals surface area contributed by atoms with Crippen LogP contribution in [-0.4, -0.2) is 52.1 Å². The van der Waals surface area contributed by atoms with E-state index in [-0.39, 0.29) is 17.1 Å². The molecule has 2 saturated heterocycles. The lowest BCUT2D eigenvalue weighted by Crippen LogP contribution is -2.59. The average Bonchev–Trinajstić information content (AvgIpc) is 3.27. The predicted octanol–water partition coefficient (Wildman–Crippen LogP) is 4.11. The Kier molecular flexibility index (Phi) is 4.64. The van der Waals surface area contributed by atoms with Crippen molar-refractivity contribution in [3.63, 3.8) is 0 Å². The van der Waals surface area contributed by atoms with Gasteiger partial charge in [0.05, 0.1) is 5.69 Å². The number of anilines is 1. The van der Waals surface area contributed by atoms with Crippen LogP contribution in [0.15, 0.2) is 49.1 Å². The van der Waals surface area contributed by atoms with E-state index in [0.29, 0.717) is 0 Å². The Balaban J connectivity index is 1.38. The summed E-state index contributed by atoms with van der Waals surface area (Å²) in [5, 5.41) is 12.1. The Morgan fingerprint density at radius 2 is 1.94 bits per heavy atom.